The molecule has 4 rings (SSSR count). The van der Waals surface area contributed by atoms with Crippen molar-refractivity contribution >= 4 is 17.4 Å². The van der Waals surface area contributed by atoms with Crippen LogP contribution in [0.5, 0.6) is 11.5 Å². The Labute approximate surface area is 144 Å². The van der Waals surface area contributed by atoms with E-state index in [-0.39, 0.29) is 19.0 Å². The highest BCUT2D eigenvalue weighted by Gasteiger charge is 2.47. The molecule has 0 aromatic heterocycles. The van der Waals surface area contributed by atoms with Crippen molar-refractivity contribution < 1.29 is 24.2 Å². The first kappa shape index (κ1) is 15.7. The molecule has 6 heteroatoms. The normalized spacial score (nSPS) is 20.3. The van der Waals surface area contributed by atoms with Gasteiger partial charge in [-0.05, 0) is 36.2 Å². The van der Waals surface area contributed by atoms with Gasteiger partial charge in [0.1, 0.15) is 0 Å². The molecule has 2 heterocycles. The molecule has 0 saturated carbocycles. The fourth-order valence-electron chi connectivity index (χ4n) is 3.19. The molecule has 0 radical (unpaired) electrons. The topological polar surface area (TPSA) is 84.9 Å². The molecule has 2 aliphatic rings. The second-order valence-electron chi connectivity index (χ2n) is 6.22. The first-order valence-corrected chi connectivity index (χ1v) is 8.11. The third kappa shape index (κ3) is 2.46. The largest absolute Gasteiger partial charge is 0.454 e. The lowest BCUT2D eigenvalue weighted by molar-refractivity contribution is -0.133. The number of aryl methyl sites for hydroxylation is 1. The summed E-state index contributed by atoms with van der Waals surface area (Å²) in [6.45, 7) is 2.11. The van der Waals surface area contributed by atoms with Gasteiger partial charge in [-0.15, -0.1) is 0 Å². The van der Waals surface area contributed by atoms with Crippen LogP contribution in [0.15, 0.2) is 36.4 Å². The van der Waals surface area contributed by atoms with E-state index >= 15 is 0 Å². The zero-order chi connectivity index (χ0) is 17.6. The molecule has 25 heavy (non-hydrogen) atoms. The summed E-state index contributed by atoms with van der Waals surface area (Å²) in [6, 6.07) is 10.3. The molecule has 128 valence electrons. The predicted octanol–water partition coefficient (Wildman–Crippen LogP) is 2.39. The van der Waals surface area contributed by atoms with E-state index in [4.69, 9.17) is 9.47 Å². The molecule has 2 aromatic rings. The van der Waals surface area contributed by atoms with Crippen molar-refractivity contribution in [3.05, 3.63) is 53.1 Å². The average Bonchev–Trinajstić information content (AvgIpc) is 3.17. The number of benzene rings is 2. The van der Waals surface area contributed by atoms with Gasteiger partial charge in [-0.2, -0.15) is 0 Å². The van der Waals surface area contributed by atoms with Crippen LogP contribution in [0.4, 0.5) is 5.69 Å². The van der Waals surface area contributed by atoms with Crippen molar-refractivity contribution in [1.82, 2.24) is 0 Å². The molecule has 2 N–H and O–H groups in total. The molecule has 2 aliphatic heterocycles. The lowest BCUT2D eigenvalue weighted by Crippen LogP contribution is -2.36. The highest BCUT2D eigenvalue weighted by Crippen LogP contribution is 2.40. The van der Waals surface area contributed by atoms with E-state index in [0.717, 1.165) is 12.0 Å². The maximum absolute atomic E-state index is 12.7. The van der Waals surface area contributed by atoms with Gasteiger partial charge in [0.05, 0.1) is 6.42 Å². The summed E-state index contributed by atoms with van der Waals surface area (Å²) in [6.07, 6.45) is 0.437. The first-order valence-electron chi connectivity index (χ1n) is 8.11. The number of amides is 1. The Morgan fingerprint density at radius 3 is 2.80 bits per heavy atom. The van der Waals surface area contributed by atoms with Gasteiger partial charge in [-0.3, -0.25) is 9.59 Å². The van der Waals surface area contributed by atoms with Gasteiger partial charge in [-0.25, -0.2) is 0 Å². The number of nitrogens with one attached hydrogen (secondary N) is 1. The van der Waals surface area contributed by atoms with Gasteiger partial charge in [0, 0.05) is 16.8 Å². The van der Waals surface area contributed by atoms with Crippen LogP contribution in [0.25, 0.3) is 0 Å². The van der Waals surface area contributed by atoms with E-state index in [2.05, 4.69) is 5.32 Å². The number of hydrogen-bond acceptors (Lipinski definition) is 5. The maximum Gasteiger partial charge on any atom is 0.261 e. The minimum Gasteiger partial charge on any atom is -0.454 e. The number of ketones is 1. The third-order valence-corrected chi connectivity index (χ3v) is 4.67. The van der Waals surface area contributed by atoms with Crippen LogP contribution in [0.2, 0.25) is 0 Å². The molecule has 0 bridgehead atoms. The van der Waals surface area contributed by atoms with Gasteiger partial charge in [0.15, 0.2) is 22.9 Å². The van der Waals surface area contributed by atoms with E-state index < -0.39 is 11.5 Å². The van der Waals surface area contributed by atoms with Crippen LogP contribution in [-0.2, 0) is 16.8 Å². The molecule has 2 aromatic carbocycles. The summed E-state index contributed by atoms with van der Waals surface area (Å²) in [5, 5.41) is 13.6. The zero-order valence-electron chi connectivity index (χ0n) is 13.7. The number of rotatable bonds is 4. The molecular formula is C19H17NO5. The molecule has 0 spiro atoms. The second-order valence-corrected chi connectivity index (χ2v) is 6.22. The minimum absolute atomic E-state index is 0.118. The van der Waals surface area contributed by atoms with E-state index in [1.807, 2.05) is 13.0 Å². The Bertz CT molecular complexity index is 891. The monoisotopic (exact) mass is 339 g/mol. The van der Waals surface area contributed by atoms with Crippen molar-refractivity contribution in [2.24, 2.45) is 0 Å². The molecule has 0 fully saturated rings. The number of ether oxygens (including phenoxy) is 2. The number of Topliss-reactive ketones (excluding diaryl/α,β-unsaturated/α-hetero) is 1. The number of fused-ring (bicyclic) bond motifs is 2. The fourth-order valence-corrected chi connectivity index (χ4v) is 3.19. The van der Waals surface area contributed by atoms with Crippen molar-refractivity contribution in [3.8, 4) is 11.5 Å². The summed E-state index contributed by atoms with van der Waals surface area (Å²) in [5.74, 6) is 0.143. The van der Waals surface area contributed by atoms with E-state index in [9.17, 15) is 14.7 Å². The molecule has 0 saturated heterocycles. The molecule has 0 aliphatic carbocycles. The van der Waals surface area contributed by atoms with Crippen molar-refractivity contribution in [1.29, 1.82) is 0 Å². The Morgan fingerprint density at radius 2 is 2.00 bits per heavy atom. The number of hydrogen-bond donors (Lipinski definition) is 2. The number of anilines is 1. The number of carbonyl (C=O) groups is 2. The highest BCUT2D eigenvalue weighted by molar-refractivity contribution is 6.09. The summed E-state index contributed by atoms with van der Waals surface area (Å²) >= 11 is 0. The van der Waals surface area contributed by atoms with Gasteiger partial charge in [0.25, 0.3) is 5.91 Å². The Kier molecular flexibility index (Phi) is 3.51. The smallest absolute Gasteiger partial charge is 0.261 e. The molecule has 1 unspecified atom stereocenters. The predicted molar refractivity (Wildman–Crippen MR) is 89.9 cm³/mol. The van der Waals surface area contributed by atoms with Gasteiger partial charge in [-0.1, -0.05) is 19.1 Å². The molecular weight excluding hydrogens is 322 g/mol. The van der Waals surface area contributed by atoms with Crippen molar-refractivity contribution in [2.75, 3.05) is 12.1 Å². The van der Waals surface area contributed by atoms with E-state index in [0.29, 0.717) is 28.3 Å². The first-order chi connectivity index (χ1) is 12.0. The summed E-state index contributed by atoms with van der Waals surface area (Å²) < 4.78 is 10.5. The quantitative estimate of drug-likeness (QED) is 0.836. The Balaban J connectivity index is 1.66. The van der Waals surface area contributed by atoms with Gasteiger partial charge < -0.3 is 19.9 Å². The van der Waals surface area contributed by atoms with Gasteiger partial charge >= 0.3 is 0 Å². The van der Waals surface area contributed by atoms with Crippen LogP contribution < -0.4 is 14.8 Å². The maximum atomic E-state index is 12.7. The third-order valence-electron chi connectivity index (χ3n) is 4.67. The van der Waals surface area contributed by atoms with Crippen LogP contribution in [0, 0.1) is 0 Å². The SMILES string of the molecule is CCc1ccc2c(c1)C(O)(CC(=O)c1ccc3c(c1)OCO3)C(=O)N2. The fraction of sp³-hybridized carbons (Fsp3) is 0.263. The van der Waals surface area contributed by atoms with Crippen LogP contribution in [0.3, 0.4) is 0 Å². The molecule has 1 amide bonds. The van der Waals surface area contributed by atoms with Crippen LogP contribution >= 0.6 is 0 Å². The van der Waals surface area contributed by atoms with Crippen molar-refractivity contribution in [3.63, 3.8) is 0 Å². The summed E-state index contributed by atoms with van der Waals surface area (Å²) in [4.78, 5) is 25.0. The summed E-state index contributed by atoms with van der Waals surface area (Å²) in [7, 11) is 0. The van der Waals surface area contributed by atoms with Crippen LogP contribution in [-0.4, -0.2) is 23.6 Å². The zero-order valence-corrected chi connectivity index (χ0v) is 13.7. The van der Waals surface area contributed by atoms with Crippen molar-refractivity contribution in [2.45, 2.75) is 25.4 Å². The van der Waals surface area contributed by atoms with Crippen LogP contribution in [0.1, 0.15) is 34.8 Å². The Hall–Kier alpha value is -2.86. The molecule has 1 atom stereocenters. The van der Waals surface area contributed by atoms with Gasteiger partial charge in [0.2, 0.25) is 6.79 Å². The Morgan fingerprint density at radius 1 is 1.20 bits per heavy atom. The number of carbonyl (C=O) groups excluding carboxylic acids is 2. The van der Waals surface area contributed by atoms with E-state index in [1.54, 1.807) is 30.3 Å². The van der Waals surface area contributed by atoms with E-state index in [1.165, 1.54) is 0 Å². The summed E-state index contributed by atoms with van der Waals surface area (Å²) in [5.41, 5.74) is 0.484. The molecule has 6 nitrogen and oxygen atoms in total. The number of aliphatic hydroxyl groups is 1. The second kappa shape index (κ2) is 5.60. The average molecular weight is 339 g/mol. The lowest BCUT2D eigenvalue weighted by Gasteiger charge is -2.20. The minimum atomic E-state index is -1.87. The highest BCUT2D eigenvalue weighted by atomic mass is 16.7. The lowest BCUT2D eigenvalue weighted by atomic mass is 9.87. The standard InChI is InChI=1S/C19H17NO5/c1-2-11-3-5-14-13(7-11)19(23,18(22)20-14)9-15(21)12-4-6-16-17(8-12)25-10-24-16/h3-8,23H,2,9-10H2,1H3,(H,20,22).